The third-order valence-electron chi connectivity index (χ3n) is 6.26. The number of amides is 1. The maximum atomic E-state index is 13.7. The number of aromatic nitrogens is 2. The fourth-order valence-electron chi connectivity index (χ4n) is 4.38. The van der Waals surface area contributed by atoms with Crippen molar-refractivity contribution in [3.8, 4) is 5.75 Å². The molecule has 1 saturated heterocycles. The molecule has 2 aromatic carbocycles. The van der Waals surface area contributed by atoms with Gasteiger partial charge in [-0.1, -0.05) is 18.2 Å². The van der Waals surface area contributed by atoms with E-state index in [1.54, 1.807) is 41.3 Å². The highest BCUT2D eigenvalue weighted by molar-refractivity contribution is 7.90. The van der Waals surface area contributed by atoms with Gasteiger partial charge >= 0.3 is 6.18 Å². The van der Waals surface area contributed by atoms with Gasteiger partial charge in [-0.3, -0.25) is 4.79 Å². The highest BCUT2D eigenvalue weighted by Gasteiger charge is 2.35. The molecule has 0 radical (unpaired) electrons. The number of aryl methyl sites for hydroxylation is 2. The van der Waals surface area contributed by atoms with E-state index in [9.17, 15) is 26.4 Å². The summed E-state index contributed by atoms with van der Waals surface area (Å²) in [6, 6.07) is 10.9. The molecule has 1 aliphatic heterocycles. The van der Waals surface area contributed by atoms with E-state index < -0.39 is 21.6 Å². The van der Waals surface area contributed by atoms with Crippen molar-refractivity contribution in [3.63, 3.8) is 0 Å². The lowest BCUT2D eigenvalue weighted by Gasteiger charge is -2.17. The first-order chi connectivity index (χ1) is 18.0. The molecule has 0 saturated carbocycles. The van der Waals surface area contributed by atoms with E-state index in [1.165, 1.54) is 13.2 Å². The van der Waals surface area contributed by atoms with Crippen molar-refractivity contribution in [2.24, 2.45) is 0 Å². The van der Waals surface area contributed by atoms with Crippen molar-refractivity contribution >= 4 is 27.4 Å². The quantitative estimate of drug-likeness (QED) is 0.437. The monoisotopic (exact) mass is 548 g/mol. The Morgan fingerprint density at radius 2 is 1.82 bits per heavy atom. The van der Waals surface area contributed by atoms with Crippen LogP contribution in [0.1, 0.15) is 40.0 Å². The van der Waals surface area contributed by atoms with Gasteiger partial charge in [0.2, 0.25) is 5.95 Å². The number of likely N-dealkylation sites (tertiary alicyclic amines) is 1. The van der Waals surface area contributed by atoms with E-state index in [0.29, 0.717) is 41.9 Å². The third-order valence-corrected chi connectivity index (χ3v) is 7.46. The standard InChI is InChI=1S/C26H27F3N4O4S/c1-37-22-15-18(24(34)33-13-5-6-14-33)10-12-21(22)32-25-30-16-19(26(27,28)29)20(31-25)11-9-17-7-3-4-8-23(17)38(2,35)36/h3-4,7-8,10,12,15-16H,5-6,9,11,13-14H2,1-2H3,(H,30,31,32). The topological polar surface area (TPSA) is 101 Å². The predicted octanol–water partition coefficient (Wildman–Crippen LogP) is 4.67. The van der Waals surface area contributed by atoms with Crippen LogP contribution in [-0.2, 0) is 28.9 Å². The molecule has 0 unspecified atom stereocenters. The minimum absolute atomic E-state index is 0.0272. The molecule has 0 bridgehead atoms. The van der Waals surface area contributed by atoms with Crippen LogP contribution in [0.5, 0.6) is 5.75 Å². The fourth-order valence-corrected chi connectivity index (χ4v) is 5.35. The minimum atomic E-state index is -4.69. The van der Waals surface area contributed by atoms with Crippen molar-refractivity contribution in [1.82, 2.24) is 14.9 Å². The first kappa shape index (κ1) is 27.4. The minimum Gasteiger partial charge on any atom is -0.495 e. The molecule has 1 N–H and O–H groups in total. The summed E-state index contributed by atoms with van der Waals surface area (Å²) in [5.41, 5.74) is -0.0702. The summed E-state index contributed by atoms with van der Waals surface area (Å²) in [7, 11) is -2.14. The van der Waals surface area contributed by atoms with E-state index in [4.69, 9.17) is 4.74 Å². The molecule has 0 aliphatic carbocycles. The molecule has 8 nitrogen and oxygen atoms in total. The normalized spacial score (nSPS) is 14.0. The van der Waals surface area contributed by atoms with Gasteiger partial charge in [0.05, 0.1) is 29.0 Å². The number of methoxy groups -OCH3 is 1. The number of carbonyl (C=O) groups is 1. The smallest absolute Gasteiger partial charge is 0.419 e. The molecule has 2 heterocycles. The average molecular weight is 549 g/mol. The Morgan fingerprint density at radius 3 is 2.47 bits per heavy atom. The highest BCUT2D eigenvalue weighted by Crippen LogP contribution is 2.34. The van der Waals surface area contributed by atoms with Gasteiger partial charge in [0.15, 0.2) is 9.84 Å². The van der Waals surface area contributed by atoms with Gasteiger partial charge in [-0.15, -0.1) is 0 Å². The second-order valence-electron chi connectivity index (χ2n) is 8.97. The zero-order chi connectivity index (χ0) is 27.5. The molecule has 1 aliphatic rings. The SMILES string of the molecule is COc1cc(C(=O)N2CCCC2)ccc1Nc1ncc(C(F)(F)F)c(CCc2ccccc2S(C)(=O)=O)n1. The van der Waals surface area contributed by atoms with E-state index >= 15 is 0 Å². The molecular formula is C26H27F3N4O4S. The number of sulfone groups is 1. The molecule has 38 heavy (non-hydrogen) atoms. The van der Waals surface area contributed by atoms with Gasteiger partial charge in [-0.25, -0.2) is 18.4 Å². The average Bonchev–Trinajstić information content (AvgIpc) is 3.41. The predicted molar refractivity (Wildman–Crippen MR) is 135 cm³/mol. The summed E-state index contributed by atoms with van der Waals surface area (Å²) in [6.45, 7) is 1.38. The molecule has 12 heteroatoms. The molecule has 1 aromatic heterocycles. The summed E-state index contributed by atoms with van der Waals surface area (Å²) in [4.78, 5) is 22.5. The Hall–Kier alpha value is -3.67. The summed E-state index contributed by atoms with van der Waals surface area (Å²) in [5, 5.41) is 2.88. The number of carbonyl (C=O) groups excluding carboxylic acids is 1. The van der Waals surface area contributed by atoms with Crippen LogP contribution < -0.4 is 10.1 Å². The number of anilines is 2. The zero-order valence-electron chi connectivity index (χ0n) is 20.9. The van der Waals surface area contributed by atoms with Gasteiger partial charge < -0.3 is 15.0 Å². The number of hydrogen-bond acceptors (Lipinski definition) is 7. The Labute approximate surface area is 218 Å². The van der Waals surface area contributed by atoms with Crippen molar-refractivity contribution < 1.29 is 31.1 Å². The Bertz CT molecular complexity index is 1440. The molecule has 3 aromatic rings. The van der Waals surface area contributed by atoms with Crippen LogP contribution in [0.25, 0.3) is 0 Å². The van der Waals surface area contributed by atoms with E-state index in [2.05, 4.69) is 15.3 Å². The Balaban J connectivity index is 1.61. The van der Waals surface area contributed by atoms with Gasteiger partial charge in [0.1, 0.15) is 5.75 Å². The number of ether oxygens (including phenoxy) is 1. The number of rotatable bonds is 8. The van der Waals surface area contributed by atoms with E-state index in [-0.39, 0.29) is 35.3 Å². The number of nitrogens with one attached hydrogen (secondary N) is 1. The van der Waals surface area contributed by atoms with E-state index in [1.807, 2.05) is 0 Å². The van der Waals surface area contributed by atoms with Crippen molar-refractivity contribution in [3.05, 3.63) is 71.0 Å². The Kier molecular flexibility index (Phi) is 7.91. The third kappa shape index (κ3) is 6.24. The van der Waals surface area contributed by atoms with Crippen LogP contribution in [0.2, 0.25) is 0 Å². The lowest BCUT2D eigenvalue weighted by Crippen LogP contribution is -2.27. The molecule has 4 rings (SSSR count). The Morgan fingerprint density at radius 1 is 1.11 bits per heavy atom. The van der Waals surface area contributed by atoms with Crippen molar-refractivity contribution in [2.45, 2.75) is 36.8 Å². The number of nitrogens with zero attached hydrogens (tertiary/aromatic N) is 3. The number of hydrogen-bond donors (Lipinski definition) is 1. The van der Waals surface area contributed by atoms with Crippen molar-refractivity contribution in [1.29, 1.82) is 0 Å². The van der Waals surface area contributed by atoms with Crippen LogP contribution in [0.4, 0.5) is 24.8 Å². The maximum Gasteiger partial charge on any atom is 0.419 e. The fraction of sp³-hybridized carbons (Fsp3) is 0.346. The van der Waals surface area contributed by atoms with E-state index in [0.717, 1.165) is 19.1 Å². The summed E-state index contributed by atoms with van der Waals surface area (Å²) in [6.07, 6.45) is -1.17. The first-order valence-corrected chi connectivity index (χ1v) is 13.8. The van der Waals surface area contributed by atoms with Crippen LogP contribution in [0, 0.1) is 0 Å². The summed E-state index contributed by atoms with van der Waals surface area (Å²) < 4.78 is 70.7. The van der Waals surface area contributed by atoms with Crippen LogP contribution in [0.15, 0.2) is 53.6 Å². The van der Waals surface area contributed by atoms with Gasteiger partial charge in [0.25, 0.3) is 5.91 Å². The first-order valence-electron chi connectivity index (χ1n) is 11.9. The lowest BCUT2D eigenvalue weighted by atomic mass is 10.1. The van der Waals surface area contributed by atoms with Gasteiger partial charge in [0, 0.05) is 31.1 Å². The molecule has 202 valence electrons. The maximum absolute atomic E-state index is 13.7. The van der Waals surface area contributed by atoms with Crippen LogP contribution in [-0.4, -0.2) is 55.6 Å². The summed E-state index contributed by atoms with van der Waals surface area (Å²) in [5.74, 6) is 0.0956. The number of halogens is 3. The van der Waals surface area contributed by atoms with Gasteiger partial charge in [-0.05, 0) is 55.5 Å². The summed E-state index contributed by atoms with van der Waals surface area (Å²) >= 11 is 0. The van der Waals surface area contributed by atoms with Crippen LogP contribution >= 0.6 is 0 Å². The second-order valence-corrected chi connectivity index (χ2v) is 11.0. The van der Waals surface area contributed by atoms with Gasteiger partial charge in [-0.2, -0.15) is 13.2 Å². The molecule has 1 fully saturated rings. The van der Waals surface area contributed by atoms with Crippen molar-refractivity contribution in [2.75, 3.05) is 31.8 Å². The molecule has 0 atom stereocenters. The molecule has 1 amide bonds. The second kappa shape index (κ2) is 11.0. The highest BCUT2D eigenvalue weighted by atomic mass is 32.2. The molecular weight excluding hydrogens is 521 g/mol. The molecule has 0 spiro atoms. The lowest BCUT2D eigenvalue weighted by molar-refractivity contribution is -0.138. The number of benzene rings is 2. The largest absolute Gasteiger partial charge is 0.495 e. The van der Waals surface area contributed by atoms with Crippen LogP contribution in [0.3, 0.4) is 0 Å². The number of alkyl halides is 3. The zero-order valence-corrected chi connectivity index (χ0v) is 21.7.